The highest BCUT2D eigenvalue weighted by Crippen LogP contribution is 2.16. The molecule has 0 bridgehead atoms. The van der Waals surface area contributed by atoms with Crippen LogP contribution in [0.3, 0.4) is 0 Å². The van der Waals surface area contributed by atoms with Crippen molar-refractivity contribution in [2.75, 3.05) is 34.4 Å². The number of likely N-dealkylation sites (N-methyl/N-ethyl adjacent to an activating group) is 1. The van der Waals surface area contributed by atoms with E-state index >= 15 is 0 Å². The van der Waals surface area contributed by atoms with E-state index in [2.05, 4.69) is 11.0 Å². The zero-order chi connectivity index (χ0) is 11.8. The fraction of sp³-hybridized carbons (Fsp3) is 0.385. The maximum absolute atomic E-state index is 5.53. The van der Waals surface area contributed by atoms with Crippen molar-refractivity contribution in [2.24, 2.45) is 0 Å². The van der Waals surface area contributed by atoms with E-state index in [9.17, 15) is 0 Å². The molecule has 0 saturated carbocycles. The Morgan fingerprint density at radius 2 is 1.69 bits per heavy atom. The van der Waals surface area contributed by atoms with Crippen molar-refractivity contribution in [1.82, 2.24) is 4.90 Å². The van der Waals surface area contributed by atoms with Gasteiger partial charge in [-0.05, 0) is 38.4 Å². The van der Waals surface area contributed by atoms with Crippen LogP contribution in [-0.2, 0) is 0 Å². The molecule has 0 aliphatic carbocycles. The van der Waals surface area contributed by atoms with E-state index in [-0.39, 0.29) is 0 Å². The van der Waals surface area contributed by atoms with Crippen molar-refractivity contribution in [3.05, 3.63) is 36.4 Å². The predicted molar refractivity (Wildman–Crippen MR) is 66.2 cm³/mol. The topological polar surface area (TPSA) is 21.7 Å². The standard InChI is InChI=1S/C13H19NO2/c1-14(2)10-4-5-11-16-13-8-6-12(15-3)7-9-13/h4-9H,10-11H2,1-3H3. The van der Waals surface area contributed by atoms with E-state index in [0.717, 1.165) is 18.0 Å². The third kappa shape index (κ3) is 4.84. The number of methoxy groups -OCH3 is 1. The molecule has 3 heteroatoms. The Bertz CT molecular complexity index is 317. The molecular weight excluding hydrogens is 202 g/mol. The molecule has 1 aromatic rings. The average Bonchev–Trinajstić information content (AvgIpc) is 2.29. The number of rotatable bonds is 6. The monoisotopic (exact) mass is 221 g/mol. The molecule has 3 nitrogen and oxygen atoms in total. The summed E-state index contributed by atoms with van der Waals surface area (Å²) in [6, 6.07) is 7.58. The quantitative estimate of drug-likeness (QED) is 0.687. The molecule has 0 N–H and O–H groups in total. The highest BCUT2D eigenvalue weighted by Gasteiger charge is 1.92. The second-order valence-electron chi connectivity index (χ2n) is 3.72. The molecule has 0 fully saturated rings. The molecule has 0 saturated heterocycles. The maximum atomic E-state index is 5.53. The van der Waals surface area contributed by atoms with Gasteiger partial charge in [0.25, 0.3) is 0 Å². The predicted octanol–water partition coefficient (Wildman–Crippen LogP) is 2.19. The summed E-state index contributed by atoms with van der Waals surface area (Å²) in [7, 11) is 5.73. The lowest BCUT2D eigenvalue weighted by Gasteiger charge is -2.05. The Balaban J connectivity index is 2.29. The van der Waals surface area contributed by atoms with Crippen molar-refractivity contribution in [3.63, 3.8) is 0 Å². The van der Waals surface area contributed by atoms with Crippen LogP contribution < -0.4 is 9.47 Å². The van der Waals surface area contributed by atoms with Gasteiger partial charge in [-0.3, -0.25) is 0 Å². The Kier molecular flexibility index (Phi) is 5.43. The van der Waals surface area contributed by atoms with Gasteiger partial charge in [0.15, 0.2) is 0 Å². The second-order valence-corrected chi connectivity index (χ2v) is 3.72. The summed E-state index contributed by atoms with van der Waals surface area (Å²) in [6.07, 6.45) is 4.10. The molecule has 0 heterocycles. The number of hydrogen-bond acceptors (Lipinski definition) is 3. The van der Waals surface area contributed by atoms with Crippen LogP contribution in [-0.4, -0.2) is 39.3 Å². The molecule has 0 atom stereocenters. The smallest absolute Gasteiger partial charge is 0.120 e. The van der Waals surface area contributed by atoms with Crippen LogP contribution in [0.5, 0.6) is 11.5 Å². The van der Waals surface area contributed by atoms with Crippen molar-refractivity contribution < 1.29 is 9.47 Å². The molecular formula is C13H19NO2. The van der Waals surface area contributed by atoms with Crippen LogP contribution in [0.4, 0.5) is 0 Å². The van der Waals surface area contributed by atoms with Gasteiger partial charge in [-0.15, -0.1) is 0 Å². The first-order valence-corrected chi connectivity index (χ1v) is 5.29. The minimum absolute atomic E-state index is 0.597. The van der Waals surface area contributed by atoms with Gasteiger partial charge in [0, 0.05) is 6.54 Å². The third-order valence-corrected chi connectivity index (χ3v) is 2.04. The fourth-order valence-corrected chi connectivity index (χ4v) is 1.17. The highest BCUT2D eigenvalue weighted by atomic mass is 16.5. The van der Waals surface area contributed by atoms with Crippen molar-refractivity contribution >= 4 is 0 Å². The normalized spacial score (nSPS) is 11.0. The van der Waals surface area contributed by atoms with E-state index < -0.39 is 0 Å². The van der Waals surface area contributed by atoms with Gasteiger partial charge in [-0.25, -0.2) is 0 Å². The summed E-state index contributed by atoms with van der Waals surface area (Å²) in [5, 5.41) is 0. The van der Waals surface area contributed by atoms with Gasteiger partial charge >= 0.3 is 0 Å². The summed E-state index contributed by atoms with van der Waals surface area (Å²) in [4.78, 5) is 2.10. The molecule has 0 aliphatic heterocycles. The summed E-state index contributed by atoms with van der Waals surface area (Å²) in [6.45, 7) is 1.53. The molecule has 0 unspecified atom stereocenters. The largest absolute Gasteiger partial charge is 0.497 e. The van der Waals surface area contributed by atoms with E-state index in [4.69, 9.17) is 9.47 Å². The minimum atomic E-state index is 0.597. The van der Waals surface area contributed by atoms with Gasteiger partial charge in [-0.2, -0.15) is 0 Å². The minimum Gasteiger partial charge on any atom is -0.497 e. The summed E-state index contributed by atoms with van der Waals surface area (Å²) < 4.78 is 10.6. The lowest BCUT2D eigenvalue weighted by Crippen LogP contribution is -2.10. The fourth-order valence-electron chi connectivity index (χ4n) is 1.17. The Morgan fingerprint density at radius 3 is 2.25 bits per heavy atom. The number of ether oxygens (including phenoxy) is 2. The van der Waals surface area contributed by atoms with Crippen molar-refractivity contribution in [2.45, 2.75) is 0 Å². The molecule has 16 heavy (non-hydrogen) atoms. The van der Waals surface area contributed by atoms with Crippen LogP contribution in [0.15, 0.2) is 36.4 Å². The van der Waals surface area contributed by atoms with Crippen LogP contribution in [0, 0.1) is 0 Å². The van der Waals surface area contributed by atoms with Gasteiger partial charge in [0.05, 0.1) is 7.11 Å². The molecule has 0 amide bonds. The van der Waals surface area contributed by atoms with Crippen molar-refractivity contribution in [1.29, 1.82) is 0 Å². The molecule has 1 rings (SSSR count). The van der Waals surface area contributed by atoms with Crippen LogP contribution in [0.2, 0.25) is 0 Å². The first-order chi connectivity index (χ1) is 7.72. The summed E-state index contributed by atoms with van der Waals surface area (Å²) in [5.74, 6) is 1.70. The lowest BCUT2D eigenvalue weighted by atomic mass is 10.3. The summed E-state index contributed by atoms with van der Waals surface area (Å²) in [5.41, 5.74) is 0. The molecule has 0 radical (unpaired) electrons. The molecule has 0 spiro atoms. The van der Waals surface area contributed by atoms with Crippen LogP contribution in [0.25, 0.3) is 0 Å². The maximum Gasteiger partial charge on any atom is 0.120 e. The Hall–Kier alpha value is -1.48. The van der Waals surface area contributed by atoms with Crippen LogP contribution >= 0.6 is 0 Å². The van der Waals surface area contributed by atoms with Gasteiger partial charge in [-0.1, -0.05) is 12.2 Å². The Labute approximate surface area is 97.3 Å². The molecule has 1 aromatic carbocycles. The van der Waals surface area contributed by atoms with E-state index in [1.165, 1.54) is 0 Å². The molecule has 0 aliphatic rings. The van der Waals surface area contributed by atoms with E-state index in [1.54, 1.807) is 7.11 Å². The average molecular weight is 221 g/mol. The van der Waals surface area contributed by atoms with Gasteiger partial charge < -0.3 is 14.4 Å². The van der Waals surface area contributed by atoms with Crippen molar-refractivity contribution in [3.8, 4) is 11.5 Å². The zero-order valence-corrected chi connectivity index (χ0v) is 10.1. The SMILES string of the molecule is COc1ccc(OCC=CCN(C)C)cc1. The zero-order valence-electron chi connectivity index (χ0n) is 10.1. The molecule has 88 valence electrons. The lowest BCUT2D eigenvalue weighted by molar-refractivity contribution is 0.359. The van der Waals surface area contributed by atoms with E-state index in [0.29, 0.717) is 6.61 Å². The number of hydrogen-bond donors (Lipinski definition) is 0. The number of benzene rings is 1. The Morgan fingerprint density at radius 1 is 1.06 bits per heavy atom. The second kappa shape index (κ2) is 6.90. The summed E-state index contributed by atoms with van der Waals surface area (Å²) >= 11 is 0. The van der Waals surface area contributed by atoms with E-state index in [1.807, 2.05) is 44.4 Å². The first kappa shape index (κ1) is 12.6. The highest BCUT2D eigenvalue weighted by molar-refractivity contribution is 5.31. The van der Waals surface area contributed by atoms with Gasteiger partial charge in [0.1, 0.15) is 18.1 Å². The first-order valence-electron chi connectivity index (χ1n) is 5.29. The third-order valence-electron chi connectivity index (χ3n) is 2.04. The molecule has 0 aromatic heterocycles. The van der Waals surface area contributed by atoms with Gasteiger partial charge in [0.2, 0.25) is 0 Å². The number of nitrogens with zero attached hydrogens (tertiary/aromatic N) is 1. The van der Waals surface area contributed by atoms with Crippen LogP contribution in [0.1, 0.15) is 0 Å².